The fourth-order valence-electron chi connectivity index (χ4n) is 3.61. The second-order valence-corrected chi connectivity index (χ2v) is 9.86. The van der Waals surface area contributed by atoms with Crippen LogP contribution in [0.5, 0.6) is 5.75 Å². The summed E-state index contributed by atoms with van der Waals surface area (Å²) >= 11 is 0. The summed E-state index contributed by atoms with van der Waals surface area (Å²) in [6, 6.07) is 14.8. The van der Waals surface area contributed by atoms with Crippen LogP contribution in [0, 0.1) is 13.8 Å². The van der Waals surface area contributed by atoms with Gasteiger partial charge in [0.2, 0.25) is 16.0 Å². The minimum Gasteiger partial charge on any atom is -0.435 e. The molecule has 1 aliphatic heterocycles. The van der Waals surface area contributed by atoms with Crippen LogP contribution in [0.15, 0.2) is 59.5 Å². The number of sulfonamides is 1. The van der Waals surface area contributed by atoms with Crippen LogP contribution in [-0.4, -0.2) is 55.5 Å². The van der Waals surface area contributed by atoms with Gasteiger partial charge in [-0.1, -0.05) is 17.7 Å². The maximum atomic E-state index is 13.0. The fraction of sp³-hybridized carbons (Fsp3) is 0.304. The summed E-state index contributed by atoms with van der Waals surface area (Å²) in [5.74, 6) is 1.10. The molecule has 180 valence electrons. The first-order valence-electron chi connectivity index (χ1n) is 10.7. The lowest BCUT2D eigenvalue weighted by molar-refractivity contribution is -0.0498. The minimum atomic E-state index is -3.76. The van der Waals surface area contributed by atoms with Crippen molar-refractivity contribution in [3.8, 4) is 5.75 Å². The van der Waals surface area contributed by atoms with Crippen LogP contribution in [0.25, 0.3) is 0 Å². The number of alkyl halides is 2. The number of nitrogens with zero attached hydrogens (tertiary/aromatic N) is 4. The highest BCUT2D eigenvalue weighted by Crippen LogP contribution is 2.24. The summed E-state index contributed by atoms with van der Waals surface area (Å²) in [6.45, 7) is 2.26. The molecule has 2 heterocycles. The first-order chi connectivity index (χ1) is 16.2. The van der Waals surface area contributed by atoms with Gasteiger partial charge in [-0.25, -0.2) is 13.4 Å². The lowest BCUT2D eigenvalue weighted by atomic mass is 10.2. The van der Waals surface area contributed by atoms with E-state index in [1.54, 1.807) is 0 Å². The van der Waals surface area contributed by atoms with Gasteiger partial charge in [0.05, 0.1) is 4.90 Å². The Morgan fingerprint density at radius 2 is 1.59 bits per heavy atom. The Labute approximate surface area is 197 Å². The first-order valence-corrected chi connectivity index (χ1v) is 12.1. The lowest BCUT2D eigenvalue weighted by Gasteiger charge is -2.34. The van der Waals surface area contributed by atoms with Crippen LogP contribution in [0.3, 0.4) is 0 Å². The molecule has 0 unspecified atom stereocenters. The van der Waals surface area contributed by atoms with Crippen molar-refractivity contribution in [3.63, 3.8) is 0 Å². The van der Waals surface area contributed by atoms with Crippen molar-refractivity contribution in [1.82, 2.24) is 14.3 Å². The van der Waals surface area contributed by atoms with E-state index >= 15 is 0 Å². The molecular weight excluding hydrogens is 464 g/mol. The molecule has 0 amide bonds. The number of aromatic nitrogens is 2. The van der Waals surface area contributed by atoms with Gasteiger partial charge >= 0.3 is 6.61 Å². The molecule has 1 saturated heterocycles. The zero-order valence-corrected chi connectivity index (χ0v) is 19.6. The monoisotopic (exact) mass is 489 g/mol. The number of hydrogen-bond acceptors (Lipinski definition) is 7. The highest BCUT2D eigenvalue weighted by Gasteiger charge is 2.29. The van der Waals surface area contributed by atoms with E-state index in [0.29, 0.717) is 24.9 Å². The van der Waals surface area contributed by atoms with Gasteiger partial charge in [-0.15, -0.1) is 0 Å². The summed E-state index contributed by atoms with van der Waals surface area (Å²) in [4.78, 5) is 11.1. The topological polar surface area (TPSA) is 87.7 Å². The van der Waals surface area contributed by atoms with Gasteiger partial charge in [-0.05, 0) is 50.2 Å². The summed E-state index contributed by atoms with van der Waals surface area (Å²) in [7, 11) is -3.76. The van der Waals surface area contributed by atoms with Gasteiger partial charge in [-0.3, -0.25) is 0 Å². The molecule has 4 rings (SSSR count). The summed E-state index contributed by atoms with van der Waals surface area (Å²) in [5.41, 5.74) is 2.87. The maximum Gasteiger partial charge on any atom is 0.387 e. The third-order valence-corrected chi connectivity index (χ3v) is 7.29. The summed E-state index contributed by atoms with van der Waals surface area (Å²) in [6.07, 6.45) is 0. The van der Waals surface area contributed by atoms with Gasteiger partial charge in [-0.2, -0.15) is 18.1 Å². The summed E-state index contributed by atoms with van der Waals surface area (Å²) < 4.78 is 56.3. The number of aryl methyl sites for hydroxylation is 2. The minimum absolute atomic E-state index is 0.0268. The maximum absolute atomic E-state index is 13.0. The van der Waals surface area contributed by atoms with E-state index in [2.05, 4.69) is 20.0 Å². The average molecular weight is 490 g/mol. The van der Waals surface area contributed by atoms with Crippen molar-refractivity contribution in [2.45, 2.75) is 25.4 Å². The van der Waals surface area contributed by atoms with E-state index in [1.165, 1.54) is 28.6 Å². The van der Waals surface area contributed by atoms with Crippen molar-refractivity contribution in [2.75, 3.05) is 36.4 Å². The molecule has 1 aromatic heterocycles. The Hall–Kier alpha value is -3.31. The fourth-order valence-corrected chi connectivity index (χ4v) is 5.04. The Kier molecular flexibility index (Phi) is 6.94. The van der Waals surface area contributed by atoms with E-state index in [9.17, 15) is 17.2 Å². The van der Waals surface area contributed by atoms with E-state index < -0.39 is 16.6 Å². The molecule has 0 bridgehead atoms. The van der Waals surface area contributed by atoms with Crippen molar-refractivity contribution in [1.29, 1.82) is 0 Å². The summed E-state index contributed by atoms with van der Waals surface area (Å²) in [5, 5.41) is 3.28. The number of ether oxygens (including phenoxy) is 1. The number of hydrogen-bond donors (Lipinski definition) is 1. The van der Waals surface area contributed by atoms with Gasteiger partial charge < -0.3 is 15.0 Å². The molecule has 0 radical (unpaired) electrons. The number of benzene rings is 2. The average Bonchev–Trinajstić information content (AvgIpc) is 2.80. The zero-order chi connectivity index (χ0) is 24.3. The molecule has 0 aliphatic carbocycles. The van der Waals surface area contributed by atoms with Crippen LogP contribution >= 0.6 is 0 Å². The largest absolute Gasteiger partial charge is 0.435 e. The highest BCUT2D eigenvalue weighted by atomic mass is 32.2. The Morgan fingerprint density at radius 1 is 0.941 bits per heavy atom. The van der Waals surface area contributed by atoms with Crippen LogP contribution in [-0.2, 0) is 10.0 Å². The number of piperazine rings is 1. The number of nitrogens with one attached hydrogen (secondary N) is 1. The molecule has 1 fully saturated rings. The van der Waals surface area contributed by atoms with Crippen LogP contribution in [0.1, 0.15) is 11.3 Å². The van der Waals surface area contributed by atoms with E-state index in [4.69, 9.17) is 0 Å². The van der Waals surface area contributed by atoms with E-state index in [1.807, 2.05) is 49.1 Å². The van der Waals surface area contributed by atoms with Gasteiger partial charge in [0, 0.05) is 43.6 Å². The molecule has 0 spiro atoms. The molecule has 3 aromatic rings. The van der Waals surface area contributed by atoms with Gasteiger partial charge in [0.25, 0.3) is 0 Å². The van der Waals surface area contributed by atoms with Crippen LogP contribution < -0.4 is 15.0 Å². The van der Waals surface area contributed by atoms with Gasteiger partial charge in [0.1, 0.15) is 11.6 Å². The lowest BCUT2D eigenvalue weighted by Crippen LogP contribution is -2.49. The van der Waals surface area contributed by atoms with E-state index in [-0.39, 0.29) is 23.7 Å². The normalized spacial score (nSPS) is 14.9. The highest BCUT2D eigenvalue weighted by molar-refractivity contribution is 7.89. The van der Waals surface area contributed by atoms with E-state index in [0.717, 1.165) is 16.9 Å². The molecule has 0 saturated carbocycles. The predicted molar refractivity (Wildman–Crippen MR) is 125 cm³/mol. The molecule has 1 N–H and O–H groups in total. The molecule has 2 aromatic carbocycles. The second-order valence-electron chi connectivity index (χ2n) is 7.93. The second kappa shape index (κ2) is 9.90. The Balaban J connectivity index is 1.43. The molecular formula is C23H25F2N5O3S. The van der Waals surface area contributed by atoms with Crippen molar-refractivity contribution in [2.24, 2.45) is 0 Å². The number of anilines is 3. The number of halogens is 2. The molecule has 11 heteroatoms. The SMILES string of the molecule is Cc1ccc(Nc2cc(C)nc(N3CCN(S(=O)(=O)c4ccc(OC(F)F)cc4)CC3)n2)cc1. The zero-order valence-electron chi connectivity index (χ0n) is 18.8. The molecule has 8 nitrogen and oxygen atoms in total. The number of rotatable bonds is 7. The Bertz CT molecular complexity index is 1230. The van der Waals surface area contributed by atoms with Crippen molar-refractivity contribution < 1.29 is 21.9 Å². The molecule has 34 heavy (non-hydrogen) atoms. The van der Waals surface area contributed by atoms with Gasteiger partial charge in [0.15, 0.2) is 0 Å². The van der Waals surface area contributed by atoms with Crippen molar-refractivity contribution in [3.05, 3.63) is 65.9 Å². The molecule has 1 aliphatic rings. The van der Waals surface area contributed by atoms with Crippen molar-refractivity contribution >= 4 is 27.5 Å². The standard InChI is InChI=1S/C23H25F2N5O3S/c1-16-3-5-18(6-4-16)27-21-15-17(2)26-23(28-21)29-11-13-30(14-12-29)34(31,32)20-9-7-19(8-10-20)33-22(24)25/h3-10,15,22H,11-14H2,1-2H3,(H,26,27,28). The van der Waals surface area contributed by atoms with Crippen LogP contribution in [0.2, 0.25) is 0 Å². The quantitative estimate of drug-likeness (QED) is 0.538. The third-order valence-electron chi connectivity index (χ3n) is 5.37. The third kappa shape index (κ3) is 5.60. The first kappa shape index (κ1) is 23.8. The van der Waals surface area contributed by atoms with Crippen LogP contribution in [0.4, 0.5) is 26.2 Å². The Morgan fingerprint density at radius 3 is 2.21 bits per heavy atom. The predicted octanol–water partition coefficient (Wildman–Crippen LogP) is 3.95. The molecule has 0 atom stereocenters. The smallest absolute Gasteiger partial charge is 0.387 e.